The van der Waals surface area contributed by atoms with E-state index in [2.05, 4.69) is 15.4 Å². The summed E-state index contributed by atoms with van der Waals surface area (Å²) in [5.74, 6) is -0.468. The molecule has 0 unspecified atom stereocenters. The summed E-state index contributed by atoms with van der Waals surface area (Å²) in [4.78, 5) is 23.3. The summed E-state index contributed by atoms with van der Waals surface area (Å²) in [6, 6.07) is 9.16. The van der Waals surface area contributed by atoms with Crippen molar-refractivity contribution in [3.8, 4) is 0 Å². The second kappa shape index (κ2) is 6.90. The van der Waals surface area contributed by atoms with Crippen LogP contribution in [0.1, 0.15) is 21.5 Å². The third-order valence-corrected chi connectivity index (χ3v) is 3.70. The number of hydrogen-bond acceptors (Lipinski definition) is 4. The first-order chi connectivity index (χ1) is 10.1. The Hall–Kier alpha value is -2.34. The minimum absolute atomic E-state index is 0.355. The van der Waals surface area contributed by atoms with Gasteiger partial charge in [0.25, 0.3) is 0 Å². The van der Waals surface area contributed by atoms with Crippen LogP contribution < -0.4 is 10.6 Å². The van der Waals surface area contributed by atoms with E-state index < -0.39 is 5.97 Å². The quantitative estimate of drug-likeness (QED) is 0.853. The average Bonchev–Trinajstić information content (AvgIpc) is 2.94. The second-order valence-electron chi connectivity index (χ2n) is 4.45. The van der Waals surface area contributed by atoms with Gasteiger partial charge in [-0.2, -0.15) is 0 Å². The van der Waals surface area contributed by atoms with Gasteiger partial charge in [-0.05, 0) is 23.9 Å². The van der Waals surface area contributed by atoms with Gasteiger partial charge in [-0.25, -0.2) is 9.59 Å². The van der Waals surface area contributed by atoms with E-state index in [-0.39, 0.29) is 6.03 Å². The molecule has 0 spiro atoms. The smallest absolute Gasteiger partial charge is 0.340 e. The summed E-state index contributed by atoms with van der Waals surface area (Å²) in [5, 5.41) is 7.60. The molecule has 0 saturated carbocycles. The van der Waals surface area contributed by atoms with E-state index in [0.29, 0.717) is 17.1 Å². The molecule has 21 heavy (non-hydrogen) atoms. The van der Waals surface area contributed by atoms with E-state index in [1.807, 2.05) is 31.2 Å². The molecule has 0 aliphatic rings. The number of esters is 1. The topological polar surface area (TPSA) is 67.4 Å². The molecule has 2 aromatic rings. The van der Waals surface area contributed by atoms with Crippen molar-refractivity contribution < 1.29 is 14.3 Å². The Morgan fingerprint density at radius 3 is 2.57 bits per heavy atom. The molecule has 2 amide bonds. The number of amides is 2. The minimum Gasteiger partial charge on any atom is -0.465 e. The van der Waals surface area contributed by atoms with Crippen molar-refractivity contribution in [2.75, 3.05) is 12.4 Å². The van der Waals surface area contributed by atoms with Gasteiger partial charge in [0.15, 0.2) is 0 Å². The normalized spacial score (nSPS) is 10.0. The van der Waals surface area contributed by atoms with Gasteiger partial charge in [0, 0.05) is 6.54 Å². The van der Waals surface area contributed by atoms with Gasteiger partial charge in [0.1, 0.15) is 5.00 Å². The average molecular weight is 304 g/mol. The van der Waals surface area contributed by atoms with Crippen LogP contribution in [-0.4, -0.2) is 19.1 Å². The molecular weight excluding hydrogens is 288 g/mol. The molecule has 5 nitrogen and oxygen atoms in total. The van der Waals surface area contributed by atoms with Crippen LogP contribution in [0.2, 0.25) is 0 Å². The molecule has 1 heterocycles. The maximum atomic E-state index is 11.8. The Morgan fingerprint density at radius 1 is 1.19 bits per heavy atom. The van der Waals surface area contributed by atoms with Gasteiger partial charge in [-0.15, -0.1) is 11.3 Å². The number of carbonyl (C=O) groups excluding carboxylic acids is 2. The molecule has 110 valence electrons. The largest absolute Gasteiger partial charge is 0.465 e. The van der Waals surface area contributed by atoms with Crippen molar-refractivity contribution >= 4 is 28.3 Å². The zero-order chi connectivity index (χ0) is 15.2. The van der Waals surface area contributed by atoms with Gasteiger partial charge in [0.05, 0.1) is 12.7 Å². The van der Waals surface area contributed by atoms with Crippen LogP contribution in [0.5, 0.6) is 0 Å². The summed E-state index contributed by atoms with van der Waals surface area (Å²) >= 11 is 1.27. The van der Waals surface area contributed by atoms with Crippen molar-refractivity contribution in [3.63, 3.8) is 0 Å². The maximum Gasteiger partial charge on any atom is 0.340 e. The number of methoxy groups -OCH3 is 1. The predicted octanol–water partition coefficient (Wildman–Crippen LogP) is 3.16. The third kappa shape index (κ3) is 4.06. The fraction of sp³-hybridized carbons (Fsp3) is 0.200. The SMILES string of the molecule is COC(=O)c1ccsc1NC(=O)NCc1ccc(C)cc1. The Bertz CT molecular complexity index is 635. The van der Waals surface area contributed by atoms with Crippen molar-refractivity contribution in [3.05, 3.63) is 52.4 Å². The fourth-order valence-electron chi connectivity index (χ4n) is 1.71. The number of benzene rings is 1. The Kier molecular flexibility index (Phi) is 4.94. The summed E-state index contributed by atoms with van der Waals surface area (Å²) in [5.41, 5.74) is 2.53. The molecule has 0 radical (unpaired) electrons. The lowest BCUT2D eigenvalue weighted by molar-refractivity contribution is 0.0602. The van der Waals surface area contributed by atoms with Crippen LogP contribution in [0.4, 0.5) is 9.80 Å². The molecule has 0 aliphatic heterocycles. The predicted molar refractivity (Wildman–Crippen MR) is 82.7 cm³/mol. The molecule has 0 fully saturated rings. The van der Waals surface area contributed by atoms with Crippen LogP contribution >= 0.6 is 11.3 Å². The highest BCUT2D eigenvalue weighted by Gasteiger charge is 2.15. The Morgan fingerprint density at radius 2 is 1.90 bits per heavy atom. The second-order valence-corrected chi connectivity index (χ2v) is 5.36. The van der Waals surface area contributed by atoms with Crippen LogP contribution in [0.25, 0.3) is 0 Å². The zero-order valence-corrected chi connectivity index (χ0v) is 12.6. The third-order valence-electron chi connectivity index (χ3n) is 2.87. The van der Waals surface area contributed by atoms with Gasteiger partial charge in [0.2, 0.25) is 0 Å². The molecule has 2 rings (SSSR count). The van der Waals surface area contributed by atoms with Crippen LogP contribution in [0, 0.1) is 6.92 Å². The number of carbonyl (C=O) groups is 2. The van der Waals surface area contributed by atoms with Gasteiger partial charge in [-0.3, -0.25) is 5.32 Å². The highest BCUT2D eigenvalue weighted by molar-refractivity contribution is 7.14. The van der Waals surface area contributed by atoms with E-state index >= 15 is 0 Å². The summed E-state index contributed by atoms with van der Waals surface area (Å²) in [7, 11) is 1.31. The highest BCUT2D eigenvalue weighted by atomic mass is 32.1. The van der Waals surface area contributed by atoms with Crippen LogP contribution in [-0.2, 0) is 11.3 Å². The van der Waals surface area contributed by atoms with Gasteiger partial charge in [-0.1, -0.05) is 29.8 Å². The number of hydrogen-bond donors (Lipinski definition) is 2. The summed E-state index contributed by atoms with van der Waals surface area (Å²) in [6.07, 6.45) is 0. The Labute approximate surface area is 126 Å². The van der Waals surface area contributed by atoms with Crippen LogP contribution in [0.15, 0.2) is 35.7 Å². The van der Waals surface area contributed by atoms with Crippen molar-refractivity contribution in [1.29, 1.82) is 0 Å². The van der Waals surface area contributed by atoms with E-state index in [1.54, 1.807) is 11.4 Å². The number of aryl methyl sites for hydroxylation is 1. The number of nitrogens with one attached hydrogen (secondary N) is 2. The molecule has 0 bridgehead atoms. The van der Waals surface area contributed by atoms with E-state index in [9.17, 15) is 9.59 Å². The fourth-order valence-corrected chi connectivity index (χ4v) is 2.48. The molecule has 0 aliphatic carbocycles. The minimum atomic E-state index is -0.468. The summed E-state index contributed by atoms with van der Waals surface area (Å²) < 4.78 is 4.65. The number of rotatable bonds is 4. The molecule has 2 N–H and O–H groups in total. The standard InChI is InChI=1S/C15H16N2O3S/c1-10-3-5-11(6-4-10)9-16-15(19)17-13-12(7-8-21-13)14(18)20-2/h3-8H,9H2,1-2H3,(H2,16,17,19). The first-order valence-corrected chi connectivity index (χ1v) is 7.24. The number of urea groups is 1. The maximum absolute atomic E-state index is 11.8. The van der Waals surface area contributed by atoms with Crippen molar-refractivity contribution in [2.45, 2.75) is 13.5 Å². The monoisotopic (exact) mass is 304 g/mol. The van der Waals surface area contributed by atoms with E-state index in [4.69, 9.17) is 0 Å². The Balaban J connectivity index is 1.92. The molecule has 0 saturated heterocycles. The van der Waals surface area contributed by atoms with Gasteiger partial charge < -0.3 is 10.1 Å². The zero-order valence-electron chi connectivity index (χ0n) is 11.8. The first kappa shape index (κ1) is 15.1. The number of thiophene rings is 1. The van der Waals surface area contributed by atoms with Crippen molar-refractivity contribution in [1.82, 2.24) is 5.32 Å². The lowest BCUT2D eigenvalue weighted by Gasteiger charge is -2.08. The van der Waals surface area contributed by atoms with E-state index in [1.165, 1.54) is 24.0 Å². The highest BCUT2D eigenvalue weighted by Crippen LogP contribution is 2.23. The summed E-state index contributed by atoms with van der Waals surface area (Å²) in [6.45, 7) is 2.43. The van der Waals surface area contributed by atoms with E-state index in [0.717, 1.165) is 5.56 Å². The molecular formula is C15H16N2O3S. The van der Waals surface area contributed by atoms with Gasteiger partial charge >= 0.3 is 12.0 Å². The van der Waals surface area contributed by atoms with Crippen molar-refractivity contribution in [2.24, 2.45) is 0 Å². The lowest BCUT2D eigenvalue weighted by atomic mass is 10.1. The number of ether oxygens (including phenoxy) is 1. The van der Waals surface area contributed by atoms with Crippen LogP contribution in [0.3, 0.4) is 0 Å². The molecule has 6 heteroatoms. The molecule has 0 atom stereocenters. The number of anilines is 1. The lowest BCUT2D eigenvalue weighted by Crippen LogP contribution is -2.28. The molecule has 1 aromatic carbocycles. The molecule has 1 aromatic heterocycles. The first-order valence-electron chi connectivity index (χ1n) is 6.36.